The molecule has 0 spiro atoms. The molecule has 0 aromatic heterocycles. The topological polar surface area (TPSA) is 52.7 Å². The zero-order valence-corrected chi connectivity index (χ0v) is 16.7. The van der Waals surface area contributed by atoms with Crippen molar-refractivity contribution in [1.29, 1.82) is 0 Å². The van der Waals surface area contributed by atoms with Gasteiger partial charge in [-0.15, -0.1) is 0 Å². The summed E-state index contributed by atoms with van der Waals surface area (Å²) in [6.45, 7) is 4.86. The molecule has 0 aliphatic rings. The molecule has 144 valence electrons. The number of carbonyl (C=O) groups is 2. The van der Waals surface area contributed by atoms with E-state index >= 15 is 0 Å². The first kappa shape index (κ1) is 20.9. The van der Waals surface area contributed by atoms with Crippen LogP contribution in [0.1, 0.15) is 19.4 Å². The summed E-state index contributed by atoms with van der Waals surface area (Å²) in [7, 11) is 1.76. The second-order valence-electron chi connectivity index (χ2n) is 6.83. The predicted octanol–water partition coefficient (Wildman–Crippen LogP) is 3.65. The van der Waals surface area contributed by atoms with E-state index in [0.29, 0.717) is 17.3 Å². The first-order valence-electron chi connectivity index (χ1n) is 8.92. The average Bonchev–Trinajstić information content (AvgIpc) is 2.62. The summed E-state index contributed by atoms with van der Waals surface area (Å²) in [5.74, 6) is -0.178. The molecule has 0 unspecified atom stereocenters. The van der Waals surface area contributed by atoms with Gasteiger partial charge < -0.3 is 10.2 Å². The van der Waals surface area contributed by atoms with Crippen molar-refractivity contribution >= 4 is 29.1 Å². The smallest absolute Gasteiger partial charge is 0.238 e. The van der Waals surface area contributed by atoms with Gasteiger partial charge >= 0.3 is 0 Å². The van der Waals surface area contributed by atoms with Crippen LogP contribution in [0, 0.1) is 0 Å². The van der Waals surface area contributed by atoms with Gasteiger partial charge in [0.2, 0.25) is 11.8 Å². The number of anilines is 1. The molecule has 0 fully saturated rings. The Hall–Kier alpha value is -2.37. The fourth-order valence-corrected chi connectivity index (χ4v) is 2.82. The van der Waals surface area contributed by atoms with E-state index in [-0.39, 0.29) is 30.9 Å². The van der Waals surface area contributed by atoms with Crippen molar-refractivity contribution in [2.45, 2.75) is 26.4 Å². The summed E-state index contributed by atoms with van der Waals surface area (Å²) in [6, 6.07) is 16.9. The van der Waals surface area contributed by atoms with Gasteiger partial charge in [0, 0.05) is 23.3 Å². The number of nitrogens with one attached hydrogen (secondary N) is 1. The van der Waals surface area contributed by atoms with Crippen LogP contribution in [0.5, 0.6) is 0 Å². The molecule has 2 rings (SSSR count). The van der Waals surface area contributed by atoms with E-state index in [1.165, 1.54) is 0 Å². The lowest BCUT2D eigenvalue weighted by Crippen LogP contribution is -2.44. The number of likely N-dealkylation sites (N-methyl/N-ethyl adjacent to an activating group) is 1. The normalized spacial score (nSPS) is 10.9. The number of hydrogen-bond acceptors (Lipinski definition) is 3. The summed E-state index contributed by atoms with van der Waals surface area (Å²) in [4.78, 5) is 28.4. The monoisotopic (exact) mass is 387 g/mol. The van der Waals surface area contributed by atoms with Crippen LogP contribution in [0.3, 0.4) is 0 Å². The van der Waals surface area contributed by atoms with Gasteiger partial charge in [-0.25, -0.2) is 0 Å². The zero-order valence-electron chi connectivity index (χ0n) is 16.0. The van der Waals surface area contributed by atoms with Gasteiger partial charge in [-0.1, -0.05) is 41.9 Å². The number of carbonyl (C=O) groups excluding carboxylic acids is 2. The molecule has 5 nitrogen and oxygen atoms in total. The van der Waals surface area contributed by atoms with E-state index < -0.39 is 0 Å². The maximum absolute atomic E-state index is 12.7. The van der Waals surface area contributed by atoms with Crippen LogP contribution in [0.15, 0.2) is 54.6 Å². The van der Waals surface area contributed by atoms with Gasteiger partial charge in [-0.3, -0.25) is 14.5 Å². The maximum Gasteiger partial charge on any atom is 0.238 e. The van der Waals surface area contributed by atoms with Crippen LogP contribution in [0.4, 0.5) is 5.69 Å². The second kappa shape index (κ2) is 10.1. The van der Waals surface area contributed by atoms with Crippen molar-refractivity contribution in [3.63, 3.8) is 0 Å². The van der Waals surface area contributed by atoms with Crippen molar-refractivity contribution in [2.24, 2.45) is 0 Å². The number of halogens is 1. The molecular formula is C21H26ClN3O2. The van der Waals surface area contributed by atoms with Gasteiger partial charge in [0.05, 0.1) is 13.1 Å². The average molecular weight is 388 g/mol. The fourth-order valence-electron chi connectivity index (χ4n) is 2.70. The summed E-state index contributed by atoms with van der Waals surface area (Å²) in [5.41, 5.74) is 1.76. The highest BCUT2D eigenvalue weighted by atomic mass is 35.5. The molecule has 1 N–H and O–H groups in total. The highest BCUT2D eigenvalue weighted by Gasteiger charge is 2.19. The SMILES string of the molecule is CC(C)N(Cc1ccccc1)C(=O)CN(C)CC(=O)Nc1ccc(Cl)cc1. The van der Waals surface area contributed by atoms with Crippen molar-refractivity contribution in [2.75, 3.05) is 25.5 Å². The lowest BCUT2D eigenvalue weighted by Gasteiger charge is -2.29. The lowest BCUT2D eigenvalue weighted by atomic mass is 10.2. The molecule has 0 atom stereocenters. The van der Waals surface area contributed by atoms with Crippen LogP contribution in [-0.2, 0) is 16.1 Å². The third kappa shape index (κ3) is 7.04. The molecule has 0 heterocycles. The largest absolute Gasteiger partial charge is 0.335 e. The minimum Gasteiger partial charge on any atom is -0.335 e. The van der Waals surface area contributed by atoms with Gasteiger partial charge in [0.15, 0.2) is 0 Å². The Kier molecular flexibility index (Phi) is 7.82. The highest BCUT2D eigenvalue weighted by molar-refractivity contribution is 6.30. The third-order valence-electron chi connectivity index (χ3n) is 4.09. The third-order valence-corrected chi connectivity index (χ3v) is 4.34. The number of hydrogen-bond donors (Lipinski definition) is 1. The Morgan fingerprint density at radius 3 is 2.22 bits per heavy atom. The minimum absolute atomic E-state index is 0.00403. The van der Waals surface area contributed by atoms with Crippen LogP contribution >= 0.6 is 11.6 Å². The Bertz CT molecular complexity index is 748. The van der Waals surface area contributed by atoms with E-state index in [1.807, 2.05) is 49.1 Å². The summed E-state index contributed by atoms with van der Waals surface area (Å²) in [6.07, 6.45) is 0. The lowest BCUT2D eigenvalue weighted by molar-refractivity contribution is -0.134. The molecule has 0 aliphatic carbocycles. The molecule has 0 bridgehead atoms. The highest BCUT2D eigenvalue weighted by Crippen LogP contribution is 2.13. The van der Waals surface area contributed by atoms with Crippen LogP contribution in [0.2, 0.25) is 5.02 Å². The zero-order chi connectivity index (χ0) is 19.8. The first-order valence-corrected chi connectivity index (χ1v) is 9.30. The van der Waals surface area contributed by atoms with Crippen LogP contribution in [-0.4, -0.2) is 47.8 Å². The van der Waals surface area contributed by atoms with Crippen molar-refractivity contribution in [3.8, 4) is 0 Å². The van der Waals surface area contributed by atoms with E-state index in [9.17, 15) is 9.59 Å². The van der Waals surface area contributed by atoms with Crippen LogP contribution < -0.4 is 5.32 Å². The number of nitrogens with zero attached hydrogens (tertiary/aromatic N) is 2. The molecular weight excluding hydrogens is 362 g/mol. The predicted molar refractivity (Wildman–Crippen MR) is 110 cm³/mol. The van der Waals surface area contributed by atoms with Crippen molar-refractivity contribution in [3.05, 3.63) is 65.2 Å². The number of rotatable bonds is 8. The molecule has 0 radical (unpaired) electrons. The van der Waals surface area contributed by atoms with Gasteiger partial charge in [-0.05, 0) is 50.7 Å². The maximum atomic E-state index is 12.7. The Morgan fingerprint density at radius 1 is 1.00 bits per heavy atom. The molecule has 27 heavy (non-hydrogen) atoms. The Labute approximate surface area is 165 Å². The molecule has 0 saturated heterocycles. The number of amides is 2. The van der Waals surface area contributed by atoms with E-state index in [2.05, 4.69) is 5.32 Å². The van der Waals surface area contributed by atoms with E-state index in [0.717, 1.165) is 5.56 Å². The molecule has 6 heteroatoms. The summed E-state index contributed by atoms with van der Waals surface area (Å²) >= 11 is 5.84. The van der Waals surface area contributed by atoms with Crippen molar-refractivity contribution < 1.29 is 9.59 Å². The molecule has 2 amide bonds. The fraction of sp³-hybridized carbons (Fsp3) is 0.333. The quantitative estimate of drug-likeness (QED) is 0.752. The summed E-state index contributed by atoms with van der Waals surface area (Å²) < 4.78 is 0. The second-order valence-corrected chi connectivity index (χ2v) is 7.26. The molecule has 2 aromatic rings. The van der Waals surface area contributed by atoms with E-state index in [1.54, 1.807) is 36.2 Å². The Balaban J connectivity index is 1.88. The minimum atomic E-state index is -0.174. The van der Waals surface area contributed by atoms with Gasteiger partial charge in [-0.2, -0.15) is 0 Å². The standard InChI is InChI=1S/C21H26ClN3O2/c1-16(2)25(13-17-7-5-4-6-8-17)21(27)15-24(3)14-20(26)23-19-11-9-18(22)10-12-19/h4-12,16H,13-15H2,1-3H3,(H,23,26). The number of benzene rings is 2. The van der Waals surface area contributed by atoms with Gasteiger partial charge in [0.25, 0.3) is 0 Å². The molecule has 0 aliphatic heterocycles. The molecule has 0 saturated carbocycles. The van der Waals surface area contributed by atoms with E-state index in [4.69, 9.17) is 11.6 Å². The molecule has 2 aromatic carbocycles. The first-order chi connectivity index (χ1) is 12.8. The Morgan fingerprint density at radius 2 is 1.63 bits per heavy atom. The van der Waals surface area contributed by atoms with Gasteiger partial charge in [0.1, 0.15) is 0 Å². The summed E-state index contributed by atoms with van der Waals surface area (Å²) in [5, 5.41) is 3.41. The van der Waals surface area contributed by atoms with Crippen molar-refractivity contribution in [1.82, 2.24) is 9.80 Å². The van der Waals surface area contributed by atoms with Crippen LogP contribution in [0.25, 0.3) is 0 Å².